The summed E-state index contributed by atoms with van der Waals surface area (Å²) in [4.78, 5) is 16.1. The van der Waals surface area contributed by atoms with Crippen molar-refractivity contribution in [2.24, 2.45) is 0 Å². The molecule has 1 amide bonds. The molecule has 0 aromatic heterocycles. The standard InChI is InChI=1S/C48H38Cl2N4O4/c49-42-18-9-33(21-43(42)50)29-56-41-16-14-36(15-17-41)47-30-57-45-23-39-22-44(54(28-40(39)24-46(45)58-47)27-38-4-2-1-3-37(38)26-52)48(55)53-20-19-31-5-10-34(11-6-31)35-12-7-32(25-51)8-13-35/h1-18,21,23-24,44,47H,19-20,22,27-30H2,(H,53,55). The molecule has 0 fully saturated rings. The van der Waals surface area contributed by atoms with E-state index < -0.39 is 6.04 Å². The molecule has 8 rings (SSSR count). The molecule has 8 nitrogen and oxygen atoms in total. The molecule has 2 aliphatic rings. The van der Waals surface area contributed by atoms with Gasteiger partial charge in [0.05, 0.1) is 39.4 Å². The fourth-order valence-corrected chi connectivity index (χ4v) is 7.72. The Morgan fingerprint density at radius 2 is 1.52 bits per heavy atom. The van der Waals surface area contributed by atoms with Gasteiger partial charge in [0.2, 0.25) is 5.91 Å². The topological polar surface area (TPSA) is 108 Å². The lowest BCUT2D eigenvalue weighted by molar-refractivity contribution is -0.127. The molecule has 0 saturated heterocycles. The van der Waals surface area contributed by atoms with Crippen molar-refractivity contribution in [3.05, 3.63) is 182 Å². The summed E-state index contributed by atoms with van der Waals surface area (Å²) in [6.45, 7) is 2.11. The molecule has 0 bridgehead atoms. The molecule has 6 aromatic rings. The van der Waals surface area contributed by atoms with E-state index in [4.69, 9.17) is 42.7 Å². The molecule has 2 aliphatic heterocycles. The Morgan fingerprint density at radius 3 is 2.26 bits per heavy atom. The minimum Gasteiger partial charge on any atom is -0.489 e. The molecule has 58 heavy (non-hydrogen) atoms. The zero-order valence-electron chi connectivity index (χ0n) is 31.5. The molecule has 6 aromatic carbocycles. The highest BCUT2D eigenvalue weighted by molar-refractivity contribution is 6.42. The lowest BCUT2D eigenvalue weighted by atomic mass is 9.91. The smallest absolute Gasteiger partial charge is 0.237 e. The highest BCUT2D eigenvalue weighted by atomic mass is 35.5. The van der Waals surface area contributed by atoms with Gasteiger partial charge in [-0.3, -0.25) is 9.69 Å². The van der Waals surface area contributed by atoms with Crippen LogP contribution in [0.2, 0.25) is 10.0 Å². The van der Waals surface area contributed by atoms with E-state index in [1.54, 1.807) is 12.1 Å². The summed E-state index contributed by atoms with van der Waals surface area (Å²) in [5, 5.41) is 23.2. The number of fused-ring (bicyclic) bond motifs is 2. The van der Waals surface area contributed by atoms with Crippen molar-refractivity contribution >= 4 is 29.1 Å². The van der Waals surface area contributed by atoms with E-state index in [1.165, 1.54) is 0 Å². The number of benzene rings is 6. The van der Waals surface area contributed by atoms with Gasteiger partial charge in [-0.25, -0.2) is 0 Å². The Hall–Kier alpha value is -6.29. The van der Waals surface area contributed by atoms with E-state index in [9.17, 15) is 10.1 Å². The third-order valence-electron chi connectivity index (χ3n) is 10.6. The van der Waals surface area contributed by atoms with Crippen molar-refractivity contribution in [3.8, 4) is 40.5 Å². The van der Waals surface area contributed by atoms with E-state index in [0.717, 1.165) is 44.5 Å². The van der Waals surface area contributed by atoms with Crippen molar-refractivity contribution in [1.82, 2.24) is 10.2 Å². The summed E-state index contributed by atoms with van der Waals surface area (Å²) < 4.78 is 18.8. The van der Waals surface area contributed by atoms with Gasteiger partial charge < -0.3 is 19.5 Å². The van der Waals surface area contributed by atoms with Crippen LogP contribution in [0.3, 0.4) is 0 Å². The SMILES string of the molecule is N#Cc1ccc(-c2ccc(CCNC(=O)C3Cc4cc5c(cc4CN3Cc3ccccc3C#N)OC(c3ccc(OCc4ccc(Cl)c(Cl)c4)cc3)CO5)cc2)cc1. The maximum Gasteiger partial charge on any atom is 0.237 e. The van der Waals surface area contributed by atoms with Crippen LogP contribution in [0.4, 0.5) is 0 Å². The van der Waals surface area contributed by atoms with Gasteiger partial charge in [0, 0.05) is 19.6 Å². The maximum atomic E-state index is 14.0. The van der Waals surface area contributed by atoms with Gasteiger partial charge in [-0.15, -0.1) is 0 Å². The van der Waals surface area contributed by atoms with Crippen molar-refractivity contribution in [3.63, 3.8) is 0 Å². The molecule has 0 saturated carbocycles. The number of rotatable bonds is 11. The lowest BCUT2D eigenvalue weighted by Gasteiger charge is -2.37. The first-order chi connectivity index (χ1) is 28.3. The quantitative estimate of drug-likeness (QED) is 0.139. The van der Waals surface area contributed by atoms with E-state index in [1.807, 2.05) is 91.0 Å². The number of nitrogens with zero attached hydrogens (tertiary/aromatic N) is 3. The van der Waals surface area contributed by atoms with Crippen LogP contribution in [-0.2, 0) is 37.3 Å². The first-order valence-electron chi connectivity index (χ1n) is 19.0. The third kappa shape index (κ3) is 8.81. The average Bonchev–Trinajstić information content (AvgIpc) is 3.26. The molecular weight excluding hydrogens is 767 g/mol. The summed E-state index contributed by atoms with van der Waals surface area (Å²) in [6, 6.07) is 44.6. The fraction of sp³-hybridized carbons (Fsp3) is 0.188. The average molecular weight is 806 g/mol. The van der Waals surface area contributed by atoms with Crippen LogP contribution in [0, 0.1) is 22.7 Å². The summed E-state index contributed by atoms with van der Waals surface area (Å²) in [6.07, 6.45) is 0.843. The van der Waals surface area contributed by atoms with Crippen molar-refractivity contribution < 1.29 is 19.0 Å². The largest absolute Gasteiger partial charge is 0.489 e. The second kappa shape index (κ2) is 17.5. The normalized spacial score (nSPS) is 15.7. The summed E-state index contributed by atoms with van der Waals surface area (Å²) in [5.41, 5.74) is 9.27. The second-order valence-electron chi connectivity index (χ2n) is 14.4. The van der Waals surface area contributed by atoms with Gasteiger partial charge in [-0.2, -0.15) is 10.5 Å². The molecule has 2 atom stereocenters. The summed E-state index contributed by atoms with van der Waals surface area (Å²) in [5.74, 6) is 1.96. The number of carbonyl (C=O) groups is 1. The van der Waals surface area contributed by atoms with Crippen LogP contribution in [0.15, 0.2) is 127 Å². The van der Waals surface area contributed by atoms with Crippen LogP contribution < -0.4 is 19.5 Å². The van der Waals surface area contributed by atoms with Gasteiger partial charge in [0.15, 0.2) is 17.6 Å². The minimum atomic E-state index is -0.453. The fourth-order valence-electron chi connectivity index (χ4n) is 7.40. The van der Waals surface area contributed by atoms with Gasteiger partial charge in [-0.05, 0) is 112 Å². The second-order valence-corrected chi connectivity index (χ2v) is 15.2. The predicted octanol–water partition coefficient (Wildman–Crippen LogP) is 9.78. The molecular formula is C48H38Cl2N4O4. The summed E-state index contributed by atoms with van der Waals surface area (Å²) >= 11 is 12.2. The Morgan fingerprint density at radius 1 is 0.793 bits per heavy atom. The first kappa shape index (κ1) is 38.6. The van der Waals surface area contributed by atoms with Gasteiger partial charge in [0.25, 0.3) is 0 Å². The summed E-state index contributed by atoms with van der Waals surface area (Å²) in [7, 11) is 0. The van der Waals surface area contributed by atoms with Crippen molar-refractivity contribution in [2.45, 2.75) is 44.7 Å². The molecule has 2 unspecified atom stereocenters. The maximum absolute atomic E-state index is 14.0. The van der Waals surface area contributed by atoms with Gasteiger partial charge in [-0.1, -0.05) is 96.0 Å². The van der Waals surface area contributed by atoms with Crippen LogP contribution in [0.25, 0.3) is 11.1 Å². The molecule has 0 radical (unpaired) electrons. The number of hydrogen-bond donors (Lipinski definition) is 1. The highest BCUT2D eigenvalue weighted by Crippen LogP contribution is 2.41. The number of nitrogens with one attached hydrogen (secondary N) is 1. The Kier molecular flexibility index (Phi) is 11.6. The zero-order valence-corrected chi connectivity index (χ0v) is 33.0. The van der Waals surface area contributed by atoms with Crippen LogP contribution in [0.5, 0.6) is 17.2 Å². The number of ether oxygens (including phenoxy) is 3. The van der Waals surface area contributed by atoms with Crippen LogP contribution in [-0.4, -0.2) is 30.0 Å². The number of hydrogen-bond acceptors (Lipinski definition) is 7. The zero-order chi connectivity index (χ0) is 40.0. The van der Waals surface area contributed by atoms with Crippen LogP contribution >= 0.6 is 23.2 Å². The molecule has 1 N–H and O–H groups in total. The molecule has 0 aliphatic carbocycles. The first-order valence-corrected chi connectivity index (χ1v) is 19.8. The van der Waals surface area contributed by atoms with E-state index in [-0.39, 0.29) is 12.0 Å². The van der Waals surface area contributed by atoms with E-state index in [0.29, 0.717) is 84.1 Å². The third-order valence-corrected chi connectivity index (χ3v) is 11.4. The number of halogens is 2. The Balaban J connectivity index is 0.938. The Bertz CT molecular complexity index is 2530. The molecule has 288 valence electrons. The highest BCUT2D eigenvalue weighted by Gasteiger charge is 2.34. The van der Waals surface area contributed by atoms with Gasteiger partial charge >= 0.3 is 0 Å². The van der Waals surface area contributed by atoms with Gasteiger partial charge in [0.1, 0.15) is 19.0 Å². The monoisotopic (exact) mass is 804 g/mol. The van der Waals surface area contributed by atoms with Crippen molar-refractivity contribution in [2.75, 3.05) is 13.2 Å². The minimum absolute atomic E-state index is 0.0614. The number of amides is 1. The molecule has 10 heteroatoms. The lowest BCUT2D eigenvalue weighted by Crippen LogP contribution is -2.50. The Labute approximate surface area is 347 Å². The van der Waals surface area contributed by atoms with Crippen molar-refractivity contribution in [1.29, 1.82) is 10.5 Å². The number of nitriles is 2. The van der Waals surface area contributed by atoms with Crippen LogP contribution in [0.1, 0.15) is 50.6 Å². The van der Waals surface area contributed by atoms with E-state index in [2.05, 4.69) is 46.6 Å². The van der Waals surface area contributed by atoms with E-state index >= 15 is 0 Å². The predicted molar refractivity (Wildman–Crippen MR) is 224 cm³/mol. The molecule has 2 heterocycles. The molecule has 0 spiro atoms. The number of carbonyl (C=O) groups excluding carboxylic acids is 1.